The molecule has 1 aromatic rings. The molecule has 1 N–H and O–H groups in total. The molecule has 0 amide bonds. The monoisotopic (exact) mass is 332 g/mol. The smallest absolute Gasteiger partial charge is 0.0834 e. The van der Waals surface area contributed by atoms with Gasteiger partial charge in [0.05, 0.1) is 6.10 Å². The predicted molar refractivity (Wildman–Crippen MR) is 68.7 cm³/mol. The summed E-state index contributed by atoms with van der Waals surface area (Å²) < 4.78 is 2.00. The lowest BCUT2D eigenvalue weighted by Crippen LogP contribution is -2.05. The van der Waals surface area contributed by atoms with Gasteiger partial charge in [-0.3, -0.25) is 0 Å². The van der Waals surface area contributed by atoms with Gasteiger partial charge in [-0.2, -0.15) is 0 Å². The van der Waals surface area contributed by atoms with Gasteiger partial charge in [0.25, 0.3) is 0 Å². The van der Waals surface area contributed by atoms with Crippen LogP contribution < -0.4 is 0 Å². The van der Waals surface area contributed by atoms with Crippen molar-refractivity contribution in [3.8, 4) is 0 Å². The van der Waals surface area contributed by atoms with Gasteiger partial charge in [0.2, 0.25) is 0 Å². The molecule has 0 aliphatic heterocycles. The molecule has 0 spiro atoms. The zero-order chi connectivity index (χ0) is 11.2. The number of rotatable bonds is 2. The Hall–Kier alpha value is 0.140. The van der Waals surface area contributed by atoms with Crippen LogP contribution in [-0.2, 0) is 0 Å². The molecule has 1 aliphatic rings. The van der Waals surface area contributed by atoms with Crippen molar-refractivity contribution in [1.29, 1.82) is 0 Å². The maximum atomic E-state index is 10.3. The van der Waals surface area contributed by atoms with E-state index in [-0.39, 0.29) is 6.10 Å². The van der Waals surface area contributed by atoms with E-state index in [0.29, 0.717) is 11.3 Å². The molecule has 1 saturated carbocycles. The number of benzene rings is 1. The summed E-state index contributed by atoms with van der Waals surface area (Å²) in [6.07, 6.45) is 0.750. The highest BCUT2D eigenvalue weighted by molar-refractivity contribution is 9.11. The van der Waals surface area contributed by atoms with Gasteiger partial charge in [0.1, 0.15) is 0 Å². The van der Waals surface area contributed by atoms with Crippen molar-refractivity contribution in [2.75, 3.05) is 0 Å². The molecule has 2 atom stereocenters. The first kappa shape index (κ1) is 11.6. The molecule has 0 saturated heterocycles. The van der Waals surface area contributed by atoms with Crippen LogP contribution in [0.15, 0.2) is 27.1 Å². The highest BCUT2D eigenvalue weighted by Gasteiger charge is 2.50. The van der Waals surface area contributed by atoms with Crippen LogP contribution in [0.25, 0.3) is 0 Å². The molecular formula is C12H14Br2O. The number of hydrogen-bond donors (Lipinski definition) is 1. The molecule has 1 aliphatic carbocycles. The van der Waals surface area contributed by atoms with Gasteiger partial charge in [-0.15, -0.1) is 0 Å². The fourth-order valence-electron chi connectivity index (χ4n) is 2.00. The van der Waals surface area contributed by atoms with E-state index in [1.54, 1.807) is 0 Å². The normalized spacial score (nSPS) is 25.0. The Balaban J connectivity index is 2.26. The summed E-state index contributed by atoms with van der Waals surface area (Å²) in [7, 11) is 0. The van der Waals surface area contributed by atoms with Gasteiger partial charge in [0.15, 0.2) is 0 Å². The molecule has 2 rings (SSSR count). The van der Waals surface area contributed by atoms with E-state index in [0.717, 1.165) is 20.9 Å². The molecule has 82 valence electrons. The molecule has 0 aromatic heterocycles. The molecule has 3 heteroatoms. The van der Waals surface area contributed by atoms with Gasteiger partial charge >= 0.3 is 0 Å². The van der Waals surface area contributed by atoms with Crippen molar-refractivity contribution in [1.82, 2.24) is 0 Å². The van der Waals surface area contributed by atoms with E-state index < -0.39 is 0 Å². The molecular weight excluding hydrogens is 320 g/mol. The van der Waals surface area contributed by atoms with E-state index >= 15 is 0 Å². The number of aliphatic hydroxyl groups is 1. The topological polar surface area (TPSA) is 20.2 Å². The molecule has 1 nitrogen and oxygen atoms in total. The predicted octanol–water partition coefficient (Wildman–Crippen LogP) is 4.29. The average molecular weight is 334 g/mol. The molecule has 0 radical (unpaired) electrons. The Morgan fingerprint density at radius 2 is 2.00 bits per heavy atom. The fraction of sp³-hybridized carbons (Fsp3) is 0.500. The molecule has 2 unspecified atom stereocenters. The Morgan fingerprint density at radius 3 is 2.53 bits per heavy atom. The van der Waals surface area contributed by atoms with Crippen LogP contribution in [0.1, 0.15) is 31.9 Å². The highest BCUT2D eigenvalue weighted by Crippen LogP contribution is 2.58. The molecule has 1 aromatic carbocycles. The van der Waals surface area contributed by atoms with Crippen LogP contribution in [0.2, 0.25) is 0 Å². The van der Waals surface area contributed by atoms with Gasteiger partial charge in [-0.05, 0) is 41.5 Å². The Labute approximate surface area is 107 Å². The van der Waals surface area contributed by atoms with Crippen molar-refractivity contribution in [2.45, 2.75) is 26.4 Å². The van der Waals surface area contributed by atoms with Crippen molar-refractivity contribution >= 4 is 31.9 Å². The molecule has 0 heterocycles. The van der Waals surface area contributed by atoms with Crippen LogP contribution in [0.4, 0.5) is 0 Å². The lowest BCUT2D eigenvalue weighted by atomic mass is 10.00. The average Bonchev–Trinajstić information content (AvgIpc) is 2.78. The Morgan fingerprint density at radius 1 is 1.40 bits per heavy atom. The minimum atomic E-state index is -0.355. The third kappa shape index (κ3) is 2.29. The van der Waals surface area contributed by atoms with E-state index in [2.05, 4.69) is 45.7 Å². The minimum absolute atomic E-state index is 0.293. The van der Waals surface area contributed by atoms with Crippen LogP contribution in [0.3, 0.4) is 0 Å². The zero-order valence-electron chi connectivity index (χ0n) is 8.80. The summed E-state index contributed by atoms with van der Waals surface area (Å²) in [5.41, 5.74) is 1.28. The fourth-order valence-corrected chi connectivity index (χ4v) is 2.86. The number of aliphatic hydroxyl groups excluding tert-OH is 1. The van der Waals surface area contributed by atoms with Crippen molar-refractivity contribution in [2.24, 2.45) is 11.3 Å². The third-order valence-electron chi connectivity index (χ3n) is 3.25. The highest BCUT2D eigenvalue weighted by atomic mass is 79.9. The maximum Gasteiger partial charge on any atom is 0.0834 e. The second-order valence-corrected chi connectivity index (χ2v) is 6.68. The van der Waals surface area contributed by atoms with Gasteiger partial charge in [0, 0.05) is 8.95 Å². The Bertz CT molecular complexity index is 387. The van der Waals surface area contributed by atoms with Crippen molar-refractivity contribution in [3.05, 3.63) is 32.7 Å². The van der Waals surface area contributed by atoms with Crippen LogP contribution in [0.5, 0.6) is 0 Å². The lowest BCUT2D eigenvalue weighted by molar-refractivity contribution is 0.137. The lowest BCUT2D eigenvalue weighted by Gasteiger charge is -2.14. The van der Waals surface area contributed by atoms with E-state index in [9.17, 15) is 5.11 Å². The van der Waals surface area contributed by atoms with Gasteiger partial charge < -0.3 is 5.11 Å². The second kappa shape index (κ2) is 3.86. The second-order valence-electron chi connectivity index (χ2n) is 4.91. The molecule has 15 heavy (non-hydrogen) atoms. The number of hydrogen-bond acceptors (Lipinski definition) is 1. The largest absolute Gasteiger partial charge is 0.388 e. The van der Waals surface area contributed by atoms with Gasteiger partial charge in [-0.1, -0.05) is 45.7 Å². The zero-order valence-corrected chi connectivity index (χ0v) is 12.0. The Kier molecular flexibility index (Phi) is 2.99. The summed E-state index contributed by atoms with van der Waals surface area (Å²) >= 11 is 6.91. The molecule has 1 fully saturated rings. The van der Waals surface area contributed by atoms with E-state index in [1.807, 2.05) is 18.2 Å². The quantitative estimate of drug-likeness (QED) is 0.855. The van der Waals surface area contributed by atoms with E-state index in [1.165, 1.54) is 0 Å². The summed E-state index contributed by atoms with van der Waals surface area (Å²) in [6, 6.07) is 5.93. The van der Waals surface area contributed by atoms with Crippen molar-refractivity contribution < 1.29 is 5.11 Å². The van der Waals surface area contributed by atoms with Crippen LogP contribution in [0, 0.1) is 11.3 Å². The van der Waals surface area contributed by atoms with Crippen molar-refractivity contribution in [3.63, 3.8) is 0 Å². The van der Waals surface area contributed by atoms with Crippen LogP contribution in [-0.4, -0.2) is 5.11 Å². The first-order valence-electron chi connectivity index (χ1n) is 5.05. The summed E-state index contributed by atoms with van der Waals surface area (Å²) in [5, 5.41) is 10.3. The summed E-state index contributed by atoms with van der Waals surface area (Å²) in [4.78, 5) is 0. The minimum Gasteiger partial charge on any atom is -0.388 e. The van der Waals surface area contributed by atoms with Crippen LogP contribution >= 0.6 is 31.9 Å². The van der Waals surface area contributed by atoms with Gasteiger partial charge in [-0.25, -0.2) is 0 Å². The number of halogens is 2. The summed E-state index contributed by atoms with van der Waals surface area (Å²) in [5.74, 6) is 0.392. The first-order chi connectivity index (χ1) is 6.92. The standard InChI is InChI=1S/C12H14Br2O/c1-12(2)6-9(12)11(15)8-5-7(13)3-4-10(8)14/h3-5,9,11,15H,6H2,1-2H3. The maximum absolute atomic E-state index is 10.3. The first-order valence-corrected chi connectivity index (χ1v) is 6.63. The summed E-state index contributed by atoms with van der Waals surface area (Å²) in [6.45, 7) is 4.40. The molecule has 0 bridgehead atoms. The third-order valence-corrected chi connectivity index (χ3v) is 4.46. The van der Waals surface area contributed by atoms with E-state index in [4.69, 9.17) is 0 Å². The SMILES string of the molecule is CC1(C)CC1C(O)c1cc(Br)ccc1Br.